The van der Waals surface area contributed by atoms with Gasteiger partial charge in [0, 0.05) is 32.9 Å². The van der Waals surface area contributed by atoms with Crippen LogP contribution in [0.1, 0.15) is 10.4 Å². The molecule has 2 rings (SSSR count). The monoisotopic (exact) mass is 345 g/mol. The van der Waals surface area contributed by atoms with Gasteiger partial charge in [-0.2, -0.15) is 0 Å². The lowest BCUT2D eigenvalue weighted by molar-refractivity contribution is 0.0827. The van der Waals surface area contributed by atoms with Crippen LogP contribution < -0.4 is 14.8 Å². The number of pyridine rings is 1. The topological polar surface area (TPSA) is 83.9 Å². The Labute approximate surface area is 147 Å². The number of methoxy groups -OCH3 is 1. The number of hydrogen-bond donors (Lipinski definition) is 2. The van der Waals surface area contributed by atoms with Crippen LogP contribution in [0.4, 0.5) is 5.82 Å². The first-order chi connectivity index (χ1) is 12.0. The number of aliphatic hydroxyl groups excluding tert-OH is 1. The van der Waals surface area contributed by atoms with Crippen molar-refractivity contribution in [3.05, 3.63) is 48.2 Å². The van der Waals surface area contributed by atoms with E-state index in [0.29, 0.717) is 22.9 Å². The van der Waals surface area contributed by atoms with Gasteiger partial charge in [0.2, 0.25) is 0 Å². The van der Waals surface area contributed by atoms with Gasteiger partial charge >= 0.3 is 0 Å². The Hall–Kier alpha value is -2.80. The van der Waals surface area contributed by atoms with Crippen molar-refractivity contribution in [3.8, 4) is 11.5 Å². The number of ether oxygens (including phenoxy) is 2. The maximum absolute atomic E-state index is 11.8. The summed E-state index contributed by atoms with van der Waals surface area (Å²) in [5.41, 5.74) is 0.512. The van der Waals surface area contributed by atoms with Crippen molar-refractivity contribution in [1.82, 2.24) is 9.88 Å². The molecule has 1 amide bonds. The van der Waals surface area contributed by atoms with Crippen molar-refractivity contribution in [3.63, 3.8) is 0 Å². The number of nitrogens with one attached hydrogen (secondary N) is 1. The Morgan fingerprint density at radius 1 is 1.28 bits per heavy atom. The van der Waals surface area contributed by atoms with Crippen LogP contribution in [0, 0.1) is 0 Å². The Morgan fingerprint density at radius 2 is 2.04 bits per heavy atom. The molecule has 0 saturated carbocycles. The summed E-state index contributed by atoms with van der Waals surface area (Å²) in [5, 5.41) is 13.0. The number of rotatable bonds is 8. The fraction of sp³-hybridized carbons (Fsp3) is 0.333. The summed E-state index contributed by atoms with van der Waals surface area (Å²) in [6.45, 7) is 0.412. The molecule has 0 bridgehead atoms. The molecule has 1 heterocycles. The Kier molecular flexibility index (Phi) is 6.59. The molecule has 25 heavy (non-hydrogen) atoms. The van der Waals surface area contributed by atoms with E-state index in [2.05, 4.69) is 10.3 Å². The molecule has 0 aliphatic rings. The molecular formula is C18H23N3O4. The number of amides is 1. The number of carbonyl (C=O) groups excluding carboxylic acids is 1. The van der Waals surface area contributed by atoms with E-state index in [0.717, 1.165) is 0 Å². The van der Waals surface area contributed by atoms with Gasteiger partial charge in [-0.15, -0.1) is 0 Å². The maximum Gasteiger partial charge on any atom is 0.254 e. The lowest BCUT2D eigenvalue weighted by atomic mass is 10.2. The van der Waals surface area contributed by atoms with Gasteiger partial charge in [-0.1, -0.05) is 6.07 Å². The highest BCUT2D eigenvalue weighted by Crippen LogP contribution is 2.18. The molecule has 0 spiro atoms. The molecular weight excluding hydrogens is 322 g/mol. The molecule has 1 atom stereocenters. The van der Waals surface area contributed by atoms with Crippen LogP contribution in [0.15, 0.2) is 42.6 Å². The standard InChI is InChI=1S/C18H23N3O4/c1-21(2)18(23)13-7-8-17(19-10-13)20-11-14(22)12-25-16-6-4-5-15(9-16)24-3/h4-10,14,22H,11-12H2,1-3H3,(H,19,20). The van der Waals surface area contributed by atoms with Gasteiger partial charge in [-0.25, -0.2) is 4.98 Å². The zero-order valence-corrected chi connectivity index (χ0v) is 14.6. The van der Waals surface area contributed by atoms with Crippen molar-refractivity contribution < 1.29 is 19.4 Å². The first-order valence-corrected chi connectivity index (χ1v) is 7.86. The highest BCUT2D eigenvalue weighted by Gasteiger charge is 2.09. The summed E-state index contributed by atoms with van der Waals surface area (Å²) in [6.07, 6.45) is 0.792. The minimum absolute atomic E-state index is 0.106. The van der Waals surface area contributed by atoms with Crippen LogP contribution in [0.2, 0.25) is 0 Å². The molecule has 0 fully saturated rings. The van der Waals surface area contributed by atoms with Gasteiger partial charge in [-0.3, -0.25) is 4.79 Å². The van der Waals surface area contributed by atoms with E-state index in [9.17, 15) is 9.90 Å². The SMILES string of the molecule is COc1cccc(OCC(O)CNc2ccc(C(=O)N(C)C)cn2)c1. The number of benzene rings is 1. The first-order valence-electron chi connectivity index (χ1n) is 7.86. The third kappa shape index (κ3) is 5.65. The molecule has 1 aromatic carbocycles. The maximum atomic E-state index is 11.8. The number of hydrogen-bond acceptors (Lipinski definition) is 6. The van der Waals surface area contributed by atoms with E-state index >= 15 is 0 Å². The molecule has 1 aromatic heterocycles. The average molecular weight is 345 g/mol. The Morgan fingerprint density at radius 3 is 2.68 bits per heavy atom. The van der Waals surface area contributed by atoms with Gasteiger partial charge in [0.15, 0.2) is 0 Å². The average Bonchev–Trinajstić information content (AvgIpc) is 2.64. The van der Waals surface area contributed by atoms with Crippen LogP contribution in [-0.4, -0.2) is 61.4 Å². The summed E-state index contributed by atoms with van der Waals surface area (Å²) >= 11 is 0. The molecule has 7 heteroatoms. The second kappa shape index (κ2) is 8.89. The molecule has 2 aromatic rings. The fourth-order valence-corrected chi connectivity index (χ4v) is 2.05. The van der Waals surface area contributed by atoms with E-state index in [1.54, 1.807) is 45.5 Å². The van der Waals surface area contributed by atoms with Crippen LogP contribution in [0.5, 0.6) is 11.5 Å². The summed E-state index contributed by atoms with van der Waals surface area (Å²) in [7, 11) is 4.96. The summed E-state index contributed by atoms with van der Waals surface area (Å²) in [6, 6.07) is 10.6. The Bertz CT molecular complexity index is 689. The minimum Gasteiger partial charge on any atom is -0.497 e. The van der Waals surface area contributed by atoms with Gasteiger partial charge < -0.3 is 24.8 Å². The largest absolute Gasteiger partial charge is 0.497 e. The number of carbonyl (C=O) groups is 1. The van der Waals surface area contributed by atoms with E-state index in [-0.39, 0.29) is 19.1 Å². The third-order valence-corrected chi connectivity index (χ3v) is 3.42. The zero-order chi connectivity index (χ0) is 18.2. The van der Waals surface area contributed by atoms with E-state index in [4.69, 9.17) is 9.47 Å². The van der Waals surface area contributed by atoms with Crippen LogP contribution in [0.3, 0.4) is 0 Å². The second-order valence-electron chi connectivity index (χ2n) is 5.66. The van der Waals surface area contributed by atoms with Gasteiger partial charge in [0.05, 0.1) is 12.7 Å². The van der Waals surface area contributed by atoms with E-state index < -0.39 is 6.10 Å². The predicted octanol–water partition coefficient (Wildman–Crippen LogP) is 1.64. The summed E-state index contributed by atoms with van der Waals surface area (Å²) in [4.78, 5) is 17.4. The normalized spacial score (nSPS) is 11.5. The highest BCUT2D eigenvalue weighted by atomic mass is 16.5. The highest BCUT2D eigenvalue weighted by molar-refractivity contribution is 5.93. The van der Waals surface area contributed by atoms with Crippen molar-refractivity contribution in [2.75, 3.05) is 39.7 Å². The number of anilines is 1. The van der Waals surface area contributed by atoms with Gasteiger partial charge in [-0.05, 0) is 24.3 Å². The molecule has 0 radical (unpaired) electrons. The lowest BCUT2D eigenvalue weighted by Crippen LogP contribution is -2.26. The summed E-state index contributed by atoms with van der Waals surface area (Å²) < 4.78 is 10.7. The van der Waals surface area contributed by atoms with E-state index in [1.807, 2.05) is 12.1 Å². The van der Waals surface area contributed by atoms with Crippen LogP contribution in [0.25, 0.3) is 0 Å². The Balaban J connectivity index is 1.79. The predicted molar refractivity (Wildman–Crippen MR) is 95.2 cm³/mol. The second-order valence-corrected chi connectivity index (χ2v) is 5.66. The van der Waals surface area contributed by atoms with Crippen LogP contribution >= 0.6 is 0 Å². The smallest absolute Gasteiger partial charge is 0.254 e. The number of nitrogens with zero attached hydrogens (tertiary/aromatic N) is 2. The molecule has 1 unspecified atom stereocenters. The van der Waals surface area contributed by atoms with Crippen molar-refractivity contribution in [2.24, 2.45) is 0 Å². The third-order valence-electron chi connectivity index (χ3n) is 3.42. The number of aromatic nitrogens is 1. The molecule has 2 N–H and O–H groups in total. The lowest BCUT2D eigenvalue weighted by Gasteiger charge is -2.14. The molecule has 0 saturated heterocycles. The molecule has 0 aliphatic heterocycles. The molecule has 7 nitrogen and oxygen atoms in total. The van der Waals surface area contributed by atoms with Gasteiger partial charge in [0.1, 0.15) is 30.0 Å². The zero-order valence-electron chi connectivity index (χ0n) is 14.6. The minimum atomic E-state index is -0.712. The quantitative estimate of drug-likeness (QED) is 0.757. The summed E-state index contributed by atoms with van der Waals surface area (Å²) in [5.74, 6) is 1.80. The molecule has 134 valence electrons. The van der Waals surface area contributed by atoms with Gasteiger partial charge in [0.25, 0.3) is 5.91 Å². The first kappa shape index (κ1) is 18.5. The van der Waals surface area contributed by atoms with Crippen LogP contribution in [-0.2, 0) is 0 Å². The van der Waals surface area contributed by atoms with Crippen molar-refractivity contribution in [2.45, 2.75) is 6.10 Å². The van der Waals surface area contributed by atoms with Crippen molar-refractivity contribution in [1.29, 1.82) is 0 Å². The molecule has 0 aliphatic carbocycles. The van der Waals surface area contributed by atoms with Crippen molar-refractivity contribution >= 4 is 11.7 Å². The van der Waals surface area contributed by atoms with E-state index in [1.165, 1.54) is 11.1 Å². The fourth-order valence-electron chi connectivity index (χ4n) is 2.05. The number of aliphatic hydroxyl groups is 1.